The molecule has 0 atom stereocenters. The fourth-order valence-electron chi connectivity index (χ4n) is 0. The molecule has 0 spiro atoms. The monoisotopic (exact) mass is 224 g/mol. The van der Waals surface area contributed by atoms with Crippen LogP contribution >= 0.6 is 17.4 Å². The van der Waals surface area contributed by atoms with Crippen LogP contribution in [0.5, 0.6) is 0 Å². The van der Waals surface area contributed by atoms with Crippen molar-refractivity contribution in [1.29, 1.82) is 0 Å². The van der Waals surface area contributed by atoms with Gasteiger partial charge in [-0.05, 0) is 0 Å². The summed E-state index contributed by atoms with van der Waals surface area (Å²) in [5.74, 6) is 0. The quantitative estimate of drug-likeness (QED) is 0.315. The smallest absolute Gasteiger partial charge is 0.412 e. The largest absolute Gasteiger partial charge is 1.00 e. The van der Waals surface area contributed by atoms with Crippen LogP contribution in [0.15, 0.2) is 0 Å². The van der Waals surface area contributed by atoms with E-state index in [-0.39, 0.29) is 108 Å². The summed E-state index contributed by atoms with van der Waals surface area (Å²) < 4.78 is 16.9. The molecule has 0 aliphatic heterocycles. The summed E-state index contributed by atoms with van der Waals surface area (Å²) in [6.45, 7) is 0. The molecule has 0 rings (SSSR count). The Morgan fingerprint density at radius 2 is 0.889 bits per heavy atom. The molecule has 0 heterocycles. The van der Waals surface area contributed by atoms with Crippen LogP contribution in [0, 0.1) is 0 Å². The second-order valence-electron chi connectivity index (χ2n) is 0.163. The standard InChI is InChI=1S/2K.2HO2P.H2O/c;;2*1-3-2;/h;;2*(H,1,2);1H2/q2*+1;;;. The van der Waals surface area contributed by atoms with E-state index in [9.17, 15) is 0 Å². The minimum atomic E-state index is -0.833. The van der Waals surface area contributed by atoms with Crippen LogP contribution in [-0.2, 0) is 9.13 Å². The molecule has 0 bridgehead atoms. The van der Waals surface area contributed by atoms with E-state index in [0.29, 0.717) is 0 Å². The Balaban J connectivity index is -0.00000000889. The molecule has 5 nitrogen and oxygen atoms in total. The van der Waals surface area contributed by atoms with Crippen molar-refractivity contribution < 1.29 is 127 Å². The molecule has 0 radical (unpaired) electrons. The van der Waals surface area contributed by atoms with Gasteiger partial charge in [-0.3, -0.25) is 0 Å². The number of hydrogen-bond donors (Lipinski definition) is 2. The van der Waals surface area contributed by atoms with Gasteiger partial charge in [0, 0.05) is 0 Å². The van der Waals surface area contributed by atoms with Crippen LogP contribution in [0.25, 0.3) is 0 Å². The summed E-state index contributed by atoms with van der Waals surface area (Å²) in [6, 6.07) is 0. The Kier molecular flexibility index (Phi) is 139. The van der Waals surface area contributed by atoms with Gasteiger partial charge in [0.1, 0.15) is 0 Å². The van der Waals surface area contributed by atoms with Gasteiger partial charge in [-0.2, -0.15) is 0 Å². The Bertz CT molecular complexity index is 33.9. The van der Waals surface area contributed by atoms with Crippen molar-refractivity contribution in [3.63, 3.8) is 0 Å². The van der Waals surface area contributed by atoms with Gasteiger partial charge in [-0.15, -0.1) is 0 Å². The van der Waals surface area contributed by atoms with Crippen molar-refractivity contribution in [2.24, 2.45) is 0 Å². The van der Waals surface area contributed by atoms with Crippen molar-refractivity contribution in [3.05, 3.63) is 0 Å². The van der Waals surface area contributed by atoms with Crippen molar-refractivity contribution >= 4 is 17.4 Å². The van der Waals surface area contributed by atoms with E-state index < -0.39 is 17.4 Å². The van der Waals surface area contributed by atoms with Crippen molar-refractivity contribution in [3.8, 4) is 0 Å². The van der Waals surface area contributed by atoms with Gasteiger partial charge in [0.2, 0.25) is 0 Å². The predicted molar refractivity (Wildman–Crippen MR) is 23.3 cm³/mol. The second kappa shape index (κ2) is 42.5. The average molecular weight is 224 g/mol. The molecule has 0 aromatic carbocycles. The molecular weight excluding hydrogens is 220 g/mol. The van der Waals surface area contributed by atoms with E-state index in [1.54, 1.807) is 0 Å². The van der Waals surface area contributed by atoms with Crippen LogP contribution in [0.1, 0.15) is 0 Å². The molecule has 0 aliphatic rings. The first-order valence-corrected chi connectivity index (χ1v) is 2.30. The zero-order chi connectivity index (χ0) is 5.41. The summed E-state index contributed by atoms with van der Waals surface area (Å²) in [5.41, 5.74) is 0. The molecule has 9 heteroatoms. The van der Waals surface area contributed by atoms with Crippen LogP contribution in [-0.4, -0.2) is 15.3 Å². The topological polar surface area (TPSA) is 106 Å². The summed E-state index contributed by atoms with van der Waals surface area (Å²) >= 11 is 0. The molecule has 0 amide bonds. The molecule has 44 valence electrons. The minimum absolute atomic E-state index is 0. The van der Waals surface area contributed by atoms with Crippen LogP contribution in [0.3, 0.4) is 0 Å². The second-order valence-corrected chi connectivity index (χ2v) is 0.490. The third-order valence-electron chi connectivity index (χ3n) is 0. The predicted octanol–water partition coefficient (Wildman–Crippen LogP) is -6.45. The summed E-state index contributed by atoms with van der Waals surface area (Å²) in [6.07, 6.45) is 0. The van der Waals surface area contributed by atoms with E-state index in [2.05, 4.69) is 0 Å². The molecule has 0 aromatic rings. The maximum Gasteiger partial charge on any atom is 1.00 e. The molecule has 9 heavy (non-hydrogen) atoms. The van der Waals surface area contributed by atoms with Crippen LogP contribution in [0.4, 0.5) is 0 Å². The van der Waals surface area contributed by atoms with Gasteiger partial charge in [-0.25, -0.2) is 9.13 Å². The van der Waals surface area contributed by atoms with Crippen LogP contribution < -0.4 is 103 Å². The Labute approximate surface area is 141 Å². The molecule has 0 unspecified atom stereocenters. The molecule has 0 saturated heterocycles. The van der Waals surface area contributed by atoms with E-state index in [4.69, 9.17) is 18.9 Å². The first-order valence-electron chi connectivity index (χ1n) is 0.765. The zero-order valence-corrected chi connectivity index (χ0v) is 13.1. The van der Waals surface area contributed by atoms with Crippen LogP contribution in [0.2, 0.25) is 0 Å². The molecule has 4 N–H and O–H groups in total. The summed E-state index contributed by atoms with van der Waals surface area (Å²) in [4.78, 5) is 14.0. The van der Waals surface area contributed by atoms with Gasteiger partial charge in [0.15, 0.2) is 0 Å². The molecule has 0 aliphatic carbocycles. The molecule has 0 aromatic heterocycles. The normalized spacial score (nSPS) is 4.67. The maximum atomic E-state index is 8.46. The van der Waals surface area contributed by atoms with Crippen molar-refractivity contribution in [2.45, 2.75) is 0 Å². The number of hydrogen-bond acceptors (Lipinski definition) is 2. The van der Waals surface area contributed by atoms with Gasteiger partial charge >= 0.3 is 120 Å². The van der Waals surface area contributed by atoms with Gasteiger partial charge < -0.3 is 15.3 Å². The Morgan fingerprint density at radius 3 is 0.889 bits per heavy atom. The van der Waals surface area contributed by atoms with Crippen molar-refractivity contribution in [1.82, 2.24) is 0 Å². The maximum absolute atomic E-state index is 8.46. The number of rotatable bonds is 0. The van der Waals surface area contributed by atoms with E-state index in [0.717, 1.165) is 0 Å². The van der Waals surface area contributed by atoms with Gasteiger partial charge in [0.05, 0.1) is 0 Å². The fourth-order valence-corrected chi connectivity index (χ4v) is 0. The van der Waals surface area contributed by atoms with E-state index in [1.165, 1.54) is 0 Å². The first-order chi connectivity index (χ1) is 2.83. The summed E-state index contributed by atoms with van der Waals surface area (Å²) in [7, 11) is -1.67. The van der Waals surface area contributed by atoms with E-state index in [1.807, 2.05) is 0 Å². The SMILES string of the molecule is O.O=PO.O=PO.[K+].[K+]. The third kappa shape index (κ3) is 88.3. The van der Waals surface area contributed by atoms with Crippen molar-refractivity contribution in [2.75, 3.05) is 0 Å². The molecular formula is H4K2O5P2+2. The molecule has 0 fully saturated rings. The average Bonchev–Trinajstić information content (AvgIpc) is 1.39. The van der Waals surface area contributed by atoms with Gasteiger partial charge in [0.25, 0.3) is 0 Å². The Morgan fingerprint density at radius 1 is 0.889 bits per heavy atom. The molecule has 0 saturated carbocycles. The Hall–Kier alpha value is 3.35. The minimum Gasteiger partial charge on any atom is -0.412 e. The summed E-state index contributed by atoms with van der Waals surface area (Å²) in [5, 5.41) is 0. The fraction of sp³-hybridized carbons (Fsp3) is 0. The third-order valence-corrected chi connectivity index (χ3v) is 0. The first kappa shape index (κ1) is 29.4. The van der Waals surface area contributed by atoms with Gasteiger partial charge in [-0.1, -0.05) is 0 Å². The zero-order valence-electron chi connectivity index (χ0n) is 5.11. The van der Waals surface area contributed by atoms with E-state index >= 15 is 0 Å².